The minimum atomic E-state index is -3.60. The van der Waals surface area contributed by atoms with Gasteiger partial charge < -0.3 is 4.90 Å². The lowest BCUT2D eigenvalue weighted by molar-refractivity contribution is 0.862. The van der Waals surface area contributed by atoms with Gasteiger partial charge in [0.05, 0.1) is 16.0 Å². The second-order valence-electron chi connectivity index (χ2n) is 1.68. The highest BCUT2D eigenvalue weighted by molar-refractivity contribution is 9.10. The van der Waals surface area contributed by atoms with E-state index in [-0.39, 0.29) is 9.37 Å². The van der Waals surface area contributed by atoms with Crippen LogP contribution in [0.2, 0.25) is 0 Å². The number of hydrogen-bond acceptors (Lipinski definition) is 2. The van der Waals surface area contributed by atoms with Crippen molar-refractivity contribution in [2.75, 3.05) is 17.9 Å². The molecule has 0 aliphatic heterocycles. The zero-order valence-corrected chi connectivity index (χ0v) is 7.36. The Hall–Kier alpha value is -0.570. The number of nitrogens with zero attached hydrogens (tertiary/aromatic N) is 2. The zero-order chi connectivity index (χ0) is 20.2. The summed E-state index contributed by atoms with van der Waals surface area (Å²) in [5.41, 5.74) is -0.995. The third kappa shape index (κ3) is 2.21. The van der Waals surface area contributed by atoms with Crippen LogP contribution in [0.5, 0.6) is 0 Å². The molecule has 1 rings (SSSR count). The van der Waals surface area contributed by atoms with Crippen LogP contribution < -0.4 is 4.90 Å². The summed E-state index contributed by atoms with van der Waals surface area (Å²) in [6.07, 6.45) is -1.60. The summed E-state index contributed by atoms with van der Waals surface area (Å²) in [5.74, 6) is 0. The van der Waals surface area contributed by atoms with Gasteiger partial charge >= 0.3 is 0 Å². The number of pyridine rings is 1. The van der Waals surface area contributed by atoms with E-state index >= 15 is 0 Å². The highest BCUT2D eigenvalue weighted by Gasteiger charge is 2.00. The van der Waals surface area contributed by atoms with Crippen molar-refractivity contribution in [1.29, 1.82) is 0 Å². The molecule has 0 atom stereocenters. The number of aromatic nitrogens is 1. The molecule has 0 bridgehead atoms. The first-order chi connectivity index (χ1) is 10.9. The van der Waals surface area contributed by atoms with E-state index in [1.54, 1.807) is 0 Å². The van der Waals surface area contributed by atoms with Crippen molar-refractivity contribution in [3.8, 4) is 0 Å². The molecule has 3 heteroatoms. The predicted octanol–water partition coefficient (Wildman–Crippen LogP) is 2.69. The molecule has 1 aromatic heterocycles. The van der Waals surface area contributed by atoms with Crippen LogP contribution in [0.4, 0.5) is 5.69 Å². The van der Waals surface area contributed by atoms with Crippen molar-refractivity contribution in [1.82, 2.24) is 4.98 Å². The van der Waals surface area contributed by atoms with E-state index in [0.29, 0.717) is 0 Å². The molecule has 0 N–H and O–H groups in total. The first-order valence-electron chi connectivity index (χ1n) is 9.31. The monoisotopic (exact) mass is 241 g/mol. The molecule has 0 spiro atoms. The van der Waals surface area contributed by atoms with Crippen LogP contribution in [0, 0.1) is 0 Å². The molecule has 66 valence electrons. The second kappa shape index (κ2) is 4.45. The van der Waals surface area contributed by atoms with Crippen LogP contribution in [-0.4, -0.2) is 18.0 Å². The second-order valence-corrected chi connectivity index (χ2v) is 2.48. The Labute approximate surface area is 100 Å². The van der Waals surface area contributed by atoms with Crippen LogP contribution in [-0.2, 0) is 0 Å². The Morgan fingerprint density at radius 1 is 1.67 bits per heavy atom. The fourth-order valence-corrected chi connectivity index (χ4v) is 0.812. The normalized spacial score (nSPS) is 30.2. The Morgan fingerprint density at radius 3 is 3.08 bits per heavy atom. The molecule has 2 nitrogen and oxygen atoms in total. The zero-order valence-electron chi connectivity index (χ0n) is 18.8. The Balaban J connectivity index is 3.94. The molecule has 0 unspecified atom stereocenters. The maximum atomic E-state index is 7.91. The summed E-state index contributed by atoms with van der Waals surface area (Å²) in [6, 6.07) is -0.828. The molecule has 0 radical (unpaired) electrons. The number of hydrogen-bond donors (Lipinski definition) is 0. The summed E-state index contributed by atoms with van der Waals surface area (Å²) in [5, 5.41) is 0. The third-order valence-electron chi connectivity index (χ3n) is 0.991. The van der Waals surface area contributed by atoms with Gasteiger partial charge in [-0.25, -0.2) is 0 Å². The summed E-state index contributed by atoms with van der Waals surface area (Å²) in [7, 11) is 0. The first kappa shape index (κ1) is 2.08. The van der Waals surface area contributed by atoms with Crippen LogP contribution in [0.15, 0.2) is 22.9 Å². The van der Waals surface area contributed by atoms with Crippen molar-refractivity contribution < 1.29 is 17.8 Å². The van der Waals surface area contributed by atoms with Gasteiger partial charge in [-0.15, -0.1) is 0 Å². The molecule has 12 heavy (non-hydrogen) atoms. The van der Waals surface area contributed by atoms with E-state index in [2.05, 4.69) is 20.9 Å². The highest BCUT2D eigenvalue weighted by Crippen LogP contribution is 2.17. The van der Waals surface area contributed by atoms with Gasteiger partial charge in [0.25, 0.3) is 0 Å². The standard InChI is InChI=1S/C9H13BrN2/c1-3-12(4-2)9-5-8(10)6-11-7-9/h5-7H,3-4H2,1-2H3/i1D3,2D3,3D2,4D2,5D,6D,7D. The maximum Gasteiger partial charge on any atom is 0.0862 e. The fraction of sp³-hybridized carbons (Fsp3) is 0.444. The van der Waals surface area contributed by atoms with E-state index in [1.165, 1.54) is 0 Å². The Morgan fingerprint density at radius 2 is 2.42 bits per heavy atom. The molecule has 1 aromatic rings. The van der Waals surface area contributed by atoms with Crippen molar-refractivity contribution in [2.45, 2.75) is 13.7 Å². The van der Waals surface area contributed by atoms with Crippen LogP contribution in [0.1, 0.15) is 31.5 Å². The van der Waals surface area contributed by atoms with Gasteiger partial charge in [0.1, 0.15) is 0 Å². The van der Waals surface area contributed by atoms with Crippen molar-refractivity contribution >= 4 is 21.6 Å². The van der Waals surface area contributed by atoms with Gasteiger partial charge in [0.15, 0.2) is 0 Å². The topological polar surface area (TPSA) is 16.1 Å². The number of anilines is 1. The van der Waals surface area contributed by atoms with E-state index in [9.17, 15) is 0 Å². The van der Waals surface area contributed by atoms with E-state index < -0.39 is 50.8 Å². The molecular formula is C9H13BrN2. The highest BCUT2D eigenvalue weighted by atomic mass is 79.9. The van der Waals surface area contributed by atoms with Gasteiger partial charge in [-0.05, 0) is 35.7 Å². The molecular weight excluding hydrogens is 216 g/mol. The lowest BCUT2D eigenvalue weighted by Gasteiger charge is -2.20. The average Bonchev–Trinajstić information content (AvgIpc) is 2.37. The fourth-order valence-electron chi connectivity index (χ4n) is 0.535. The smallest absolute Gasteiger partial charge is 0.0862 e. The van der Waals surface area contributed by atoms with Gasteiger partial charge in [-0.2, -0.15) is 0 Å². The lowest BCUT2D eigenvalue weighted by Crippen LogP contribution is -2.21. The molecule has 0 aliphatic rings. The van der Waals surface area contributed by atoms with Crippen LogP contribution >= 0.6 is 15.9 Å². The average molecular weight is 242 g/mol. The van der Waals surface area contributed by atoms with Gasteiger partial charge in [-0.1, -0.05) is 0 Å². The molecule has 0 saturated heterocycles. The third-order valence-corrected chi connectivity index (χ3v) is 1.37. The lowest BCUT2D eigenvalue weighted by atomic mass is 10.3. The van der Waals surface area contributed by atoms with Crippen molar-refractivity contribution in [3.05, 3.63) is 22.9 Å². The minimum absolute atomic E-state index is 0.276. The summed E-state index contributed by atoms with van der Waals surface area (Å²) >= 11 is 2.79. The van der Waals surface area contributed by atoms with Gasteiger partial charge in [0, 0.05) is 37.3 Å². The molecule has 0 amide bonds. The molecule has 0 saturated carbocycles. The first-order valence-corrected chi connectivity index (χ1v) is 3.60. The van der Waals surface area contributed by atoms with Crippen LogP contribution in [0.3, 0.4) is 0 Å². The van der Waals surface area contributed by atoms with Crippen LogP contribution in [0.25, 0.3) is 0 Å². The predicted molar refractivity (Wildman–Crippen MR) is 55.5 cm³/mol. The van der Waals surface area contributed by atoms with Crippen molar-refractivity contribution in [2.24, 2.45) is 0 Å². The summed E-state index contributed by atoms with van der Waals surface area (Å²) in [6.45, 7) is -14.2. The molecule has 0 fully saturated rings. The van der Waals surface area contributed by atoms with Crippen molar-refractivity contribution in [3.63, 3.8) is 0 Å². The van der Waals surface area contributed by atoms with E-state index in [1.807, 2.05) is 0 Å². The van der Waals surface area contributed by atoms with E-state index in [4.69, 9.17) is 17.8 Å². The number of rotatable bonds is 3. The molecule has 0 aliphatic carbocycles. The minimum Gasteiger partial charge on any atom is -0.371 e. The number of halogens is 1. The summed E-state index contributed by atoms with van der Waals surface area (Å²) in [4.78, 5) is 3.09. The molecule has 0 aromatic carbocycles. The van der Waals surface area contributed by atoms with E-state index in [0.717, 1.165) is 0 Å². The SMILES string of the molecule is [2H]c1nc([2H])c(N(C([2H])([2H])C([2H])([2H])[2H])C([2H])([2H])C([2H])([2H])[2H])c([2H])c1Br. The Kier molecular flexibility index (Phi) is 0.773. The largest absolute Gasteiger partial charge is 0.371 e. The van der Waals surface area contributed by atoms with Gasteiger partial charge in [0.2, 0.25) is 0 Å². The quantitative estimate of drug-likeness (QED) is 0.810. The van der Waals surface area contributed by atoms with Gasteiger partial charge in [-0.3, -0.25) is 4.98 Å². The Bertz CT molecular complexity index is 639. The summed E-state index contributed by atoms with van der Waals surface area (Å²) < 4.78 is 97.8. The maximum absolute atomic E-state index is 7.91. The molecule has 1 heterocycles.